The third kappa shape index (κ3) is 3.07. The van der Waals surface area contributed by atoms with Gasteiger partial charge < -0.3 is 9.47 Å². The number of halogens is 1. The van der Waals surface area contributed by atoms with E-state index >= 15 is 0 Å². The molecule has 0 radical (unpaired) electrons. The fourth-order valence-electron chi connectivity index (χ4n) is 1.60. The van der Waals surface area contributed by atoms with E-state index in [9.17, 15) is 12.8 Å². The maximum absolute atomic E-state index is 13.3. The molecule has 0 bridgehead atoms. The SMILES string of the molecule is CCOC(CF)(OCC)c1cscc1S(N)(=O)=O. The minimum atomic E-state index is -3.94. The first-order chi connectivity index (χ1) is 8.41. The van der Waals surface area contributed by atoms with Crippen LogP contribution in [-0.4, -0.2) is 28.3 Å². The molecule has 0 atom stereocenters. The molecule has 0 aliphatic heterocycles. The molecule has 0 aliphatic carbocycles. The third-order valence-corrected chi connectivity index (χ3v) is 4.12. The Morgan fingerprint density at radius 1 is 1.33 bits per heavy atom. The van der Waals surface area contributed by atoms with Gasteiger partial charge in [-0.1, -0.05) is 0 Å². The number of hydrogen-bond donors (Lipinski definition) is 1. The fraction of sp³-hybridized carbons (Fsp3) is 0.600. The van der Waals surface area contributed by atoms with Gasteiger partial charge >= 0.3 is 0 Å². The number of primary sulfonamides is 1. The van der Waals surface area contributed by atoms with Crippen LogP contribution in [0.5, 0.6) is 0 Å². The van der Waals surface area contributed by atoms with Crippen LogP contribution in [0.4, 0.5) is 4.39 Å². The average molecular weight is 297 g/mol. The first-order valence-electron chi connectivity index (χ1n) is 5.34. The quantitative estimate of drug-likeness (QED) is 0.775. The monoisotopic (exact) mass is 297 g/mol. The van der Waals surface area contributed by atoms with Gasteiger partial charge in [-0.3, -0.25) is 0 Å². The van der Waals surface area contributed by atoms with E-state index < -0.39 is 22.5 Å². The summed E-state index contributed by atoms with van der Waals surface area (Å²) in [7, 11) is -3.94. The number of nitrogens with two attached hydrogens (primary N) is 1. The fourth-order valence-corrected chi connectivity index (χ4v) is 3.66. The Morgan fingerprint density at radius 2 is 1.89 bits per heavy atom. The minimum Gasteiger partial charge on any atom is -0.344 e. The van der Waals surface area contributed by atoms with Gasteiger partial charge in [-0.2, -0.15) is 11.3 Å². The molecular weight excluding hydrogens is 281 g/mol. The average Bonchev–Trinajstić information content (AvgIpc) is 2.77. The summed E-state index contributed by atoms with van der Waals surface area (Å²) < 4.78 is 46.8. The predicted molar refractivity (Wildman–Crippen MR) is 66.6 cm³/mol. The van der Waals surface area contributed by atoms with Crippen molar-refractivity contribution in [3.05, 3.63) is 16.3 Å². The van der Waals surface area contributed by atoms with Crippen LogP contribution in [0.25, 0.3) is 0 Å². The topological polar surface area (TPSA) is 78.6 Å². The highest BCUT2D eigenvalue weighted by molar-refractivity contribution is 7.89. The molecule has 1 rings (SSSR count). The normalized spacial score (nSPS) is 12.9. The highest BCUT2D eigenvalue weighted by Gasteiger charge is 2.39. The van der Waals surface area contributed by atoms with E-state index in [1.54, 1.807) is 13.8 Å². The van der Waals surface area contributed by atoms with E-state index in [-0.39, 0.29) is 23.7 Å². The summed E-state index contributed by atoms with van der Waals surface area (Å²) in [5.41, 5.74) is 0.112. The molecule has 0 spiro atoms. The lowest BCUT2D eigenvalue weighted by Gasteiger charge is -2.30. The number of thiophene rings is 1. The van der Waals surface area contributed by atoms with E-state index in [0.29, 0.717) is 0 Å². The van der Waals surface area contributed by atoms with Crippen LogP contribution in [0, 0.1) is 0 Å². The largest absolute Gasteiger partial charge is 0.344 e. The van der Waals surface area contributed by atoms with Crippen molar-refractivity contribution in [3.8, 4) is 0 Å². The zero-order chi connectivity index (χ0) is 13.8. The van der Waals surface area contributed by atoms with Crippen molar-refractivity contribution in [2.45, 2.75) is 24.5 Å². The molecule has 5 nitrogen and oxygen atoms in total. The highest BCUT2D eigenvalue weighted by Crippen LogP contribution is 2.35. The van der Waals surface area contributed by atoms with Crippen molar-refractivity contribution in [1.29, 1.82) is 0 Å². The number of sulfonamides is 1. The molecule has 0 unspecified atom stereocenters. The van der Waals surface area contributed by atoms with Crippen molar-refractivity contribution >= 4 is 21.4 Å². The standard InChI is InChI=1S/C10H16FNO4S2/c1-3-15-10(7-11,16-4-2)8-5-17-6-9(8)18(12,13)14/h5-6H,3-4,7H2,1-2H3,(H2,12,13,14). The molecule has 0 aromatic carbocycles. The first kappa shape index (κ1) is 15.5. The minimum absolute atomic E-state index is 0.112. The first-order valence-corrected chi connectivity index (χ1v) is 7.83. The van der Waals surface area contributed by atoms with Gasteiger partial charge in [-0.05, 0) is 13.8 Å². The van der Waals surface area contributed by atoms with Crippen molar-refractivity contribution in [2.75, 3.05) is 19.9 Å². The maximum atomic E-state index is 13.3. The molecule has 0 saturated heterocycles. The summed E-state index contributed by atoms with van der Waals surface area (Å²) in [5, 5.41) is 7.91. The van der Waals surface area contributed by atoms with Gasteiger partial charge in [0.1, 0.15) is 11.6 Å². The highest BCUT2D eigenvalue weighted by atomic mass is 32.2. The van der Waals surface area contributed by atoms with Crippen molar-refractivity contribution in [2.24, 2.45) is 5.14 Å². The van der Waals surface area contributed by atoms with Crippen molar-refractivity contribution in [3.63, 3.8) is 0 Å². The zero-order valence-electron chi connectivity index (χ0n) is 10.2. The Bertz CT molecular complexity index is 480. The van der Waals surface area contributed by atoms with E-state index in [2.05, 4.69) is 0 Å². The lowest BCUT2D eigenvalue weighted by molar-refractivity contribution is -0.251. The molecule has 104 valence electrons. The molecule has 0 aliphatic rings. The van der Waals surface area contributed by atoms with Crippen molar-refractivity contribution < 1.29 is 22.3 Å². The van der Waals surface area contributed by atoms with Gasteiger partial charge in [-0.25, -0.2) is 17.9 Å². The molecule has 1 aromatic rings. The predicted octanol–water partition coefficient (Wildman–Crippen LogP) is 1.59. The molecule has 0 fully saturated rings. The van der Waals surface area contributed by atoms with Gasteiger partial charge in [0, 0.05) is 29.5 Å². The summed E-state index contributed by atoms with van der Waals surface area (Å²) in [6, 6.07) is 0. The van der Waals surface area contributed by atoms with E-state index in [1.165, 1.54) is 10.8 Å². The Balaban J connectivity index is 3.34. The van der Waals surface area contributed by atoms with Gasteiger partial charge in [0.2, 0.25) is 15.8 Å². The molecule has 0 saturated carbocycles. The lowest BCUT2D eigenvalue weighted by Crippen LogP contribution is -2.37. The maximum Gasteiger partial charge on any atom is 0.239 e. The Hall–Kier alpha value is -0.540. The Morgan fingerprint density at radius 3 is 2.28 bits per heavy atom. The van der Waals surface area contributed by atoms with Crippen LogP contribution >= 0.6 is 11.3 Å². The molecule has 18 heavy (non-hydrogen) atoms. The van der Waals surface area contributed by atoms with Gasteiger partial charge in [-0.15, -0.1) is 0 Å². The summed E-state index contributed by atoms with van der Waals surface area (Å²) in [6.45, 7) is 2.72. The second-order valence-corrected chi connectivity index (χ2v) is 5.72. The zero-order valence-corrected chi connectivity index (χ0v) is 11.8. The van der Waals surface area contributed by atoms with Crippen LogP contribution in [-0.2, 0) is 25.3 Å². The summed E-state index contributed by atoms with van der Waals surface area (Å²) >= 11 is 1.10. The second kappa shape index (κ2) is 6.07. The number of ether oxygens (including phenoxy) is 2. The van der Waals surface area contributed by atoms with Crippen LogP contribution < -0.4 is 5.14 Å². The lowest BCUT2D eigenvalue weighted by atomic mass is 10.1. The Labute approximate surface area is 110 Å². The van der Waals surface area contributed by atoms with Crippen LogP contribution in [0.15, 0.2) is 15.7 Å². The summed E-state index contributed by atoms with van der Waals surface area (Å²) in [6.07, 6.45) is 0. The van der Waals surface area contributed by atoms with Crippen molar-refractivity contribution in [1.82, 2.24) is 0 Å². The van der Waals surface area contributed by atoms with Crippen LogP contribution in [0.2, 0.25) is 0 Å². The molecule has 1 aromatic heterocycles. The van der Waals surface area contributed by atoms with Crippen LogP contribution in [0.3, 0.4) is 0 Å². The van der Waals surface area contributed by atoms with Gasteiger partial charge in [0.05, 0.1) is 0 Å². The third-order valence-electron chi connectivity index (χ3n) is 2.27. The molecular formula is C10H16FNO4S2. The summed E-state index contributed by atoms with van der Waals surface area (Å²) in [4.78, 5) is -0.160. The van der Waals surface area contributed by atoms with E-state index in [4.69, 9.17) is 14.6 Å². The number of rotatable bonds is 7. The van der Waals surface area contributed by atoms with Gasteiger partial charge in [0.25, 0.3) is 0 Å². The number of alkyl halides is 1. The smallest absolute Gasteiger partial charge is 0.239 e. The Kier molecular flexibility index (Phi) is 5.23. The molecule has 0 amide bonds. The van der Waals surface area contributed by atoms with Gasteiger partial charge in [0.15, 0.2) is 0 Å². The summed E-state index contributed by atoms with van der Waals surface area (Å²) in [5.74, 6) is -1.70. The van der Waals surface area contributed by atoms with E-state index in [1.807, 2.05) is 0 Å². The molecule has 8 heteroatoms. The van der Waals surface area contributed by atoms with E-state index in [0.717, 1.165) is 11.3 Å². The van der Waals surface area contributed by atoms with Crippen LogP contribution in [0.1, 0.15) is 19.4 Å². The molecule has 1 heterocycles. The number of hydrogen-bond acceptors (Lipinski definition) is 5. The molecule has 2 N–H and O–H groups in total. The second-order valence-electron chi connectivity index (χ2n) is 3.45.